The van der Waals surface area contributed by atoms with Crippen LogP contribution in [0.3, 0.4) is 0 Å². The maximum absolute atomic E-state index is 11.6. The Kier molecular flexibility index (Phi) is 4.76. The van der Waals surface area contributed by atoms with Crippen molar-refractivity contribution in [3.63, 3.8) is 0 Å². The Morgan fingerprint density at radius 3 is 2.83 bits per heavy atom. The minimum Gasteiger partial charge on any atom is -0.461 e. The highest BCUT2D eigenvalue weighted by Gasteiger charge is 2.11. The Bertz CT molecular complexity index is 906. The molecule has 7 nitrogen and oxygen atoms in total. The molecule has 3 aromatic rings. The van der Waals surface area contributed by atoms with Crippen molar-refractivity contribution >= 4 is 39.2 Å². The fourth-order valence-corrected chi connectivity index (χ4v) is 2.57. The lowest BCUT2D eigenvalue weighted by Gasteiger charge is -2.02. The Morgan fingerprint density at radius 1 is 1.25 bits per heavy atom. The summed E-state index contributed by atoms with van der Waals surface area (Å²) in [6.07, 6.45) is 1.68. The molecule has 0 saturated carbocycles. The van der Waals surface area contributed by atoms with Crippen molar-refractivity contribution in [3.8, 4) is 0 Å². The Balaban J connectivity index is 1.74. The third kappa shape index (κ3) is 3.54. The van der Waals surface area contributed by atoms with E-state index in [0.717, 1.165) is 11.0 Å². The first kappa shape index (κ1) is 16.0. The van der Waals surface area contributed by atoms with Crippen LogP contribution in [-0.2, 0) is 4.74 Å². The molecular weight excluding hydrogens is 326 g/mol. The number of rotatable bonds is 5. The van der Waals surface area contributed by atoms with Crippen molar-refractivity contribution in [2.24, 2.45) is 5.10 Å². The third-order valence-corrected chi connectivity index (χ3v) is 3.87. The highest BCUT2D eigenvalue weighted by molar-refractivity contribution is 7.13. The molecule has 0 unspecified atom stereocenters. The molecule has 0 atom stereocenters. The predicted molar refractivity (Wildman–Crippen MR) is 93.4 cm³/mol. The van der Waals surface area contributed by atoms with E-state index in [1.165, 1.54) is 11.3 Å². The Morgan fingerprint density at radius 2 is 2.04 bits per heavy atom. The number of nitrogens with zero attached hydrogens (tertiary/aromatic N) is 4. The average molecular weight is 341 g/mol. The van der Waals surface area contributed by atoms with Gasteiger partial charge in [-0.15, -0.1) is 11.3 Å². The van der Waals surface area contributed by atoms with Crippen molar-refractivity contribution in [2.45, 2.75) is 13.8 Å². The molecule has 0 spiro atoms. The molecule has 1 N–H and O–H groups in total. The van der Waals surface area contributed by atoms with E-state index in [4.69, 9.17) is 4.74 Å². The lowest BCUT2D eigenvalue weighted by molar-refractivity contribution is 0.0520. The smallest absolute Gasteiger partial charge is 0.357 e. The highest BCUT2D eigenvalue weighted by Crippen LogP contribution is 2.16. The number of esters is 1. The number of fused-ring (bicyclic) bond motifs is 1. The first-order valence-corrected chi connectivity index (χ1v) is 8.20. The van der Waals surface area contributed by atoms with Gasteiger partial charge < -0.3 is 4.74 Å². The number of aromatic nitrogens is 3. The number of ether oxygens (including phenoxy) is 1. The zero-order chi connectivity index (χ0) is 16.9. The van der Waals surface area contributed by atoms with E-state index in [1.54, 1.807) is 18.5 Å². The number of hydrazone groups is 1. The van der Waals surface area contributed by atoms with Gasteiger partial charge in [-0.2, -0.15) is 5.10 Å². The van der Waals surface area contributed by atoms with E-state index in [0.29, 0.717) is 23.1 Å². The molecule has 0 saturated heterocycles. The minimum absolute atomic E-state index is 0.266. The quantitative estimate of drug-likeness (QED) is 0.436. The van der Waals surface area contributed by atoms with Crippen LogP contribution in [0, 0.1) is 0 Å². The highest BCUT2D eigenvalue weighted by atomic mass is 32.1. The van der Waals surface area contributed by atoms with Crippen molar-refractivity contribution in [1.29, 1.82) is 0 Å². The van der Waals surface area contributed by atoms with Gasteiger partial charge in [0.1, 0.15) is 5.69 Å². The zero-order valence-corrected chi connectivity index (χ0v) is 14.0. The molecule has 122 valence electrons. The molecule has 2 heterocycles. The normalized spacial score (nSPS) is 11.5. The SMILES string of the molecule is CCOC(=O)c1csc(N/N=C(/C)c2cnc3ccccc3n2)n1. The van der Waals surface area contributed by atoms with E-state index in [-0.39, 0.29) is 5.69 Å². The number of hydrogen-bond donors (Lipinski definition) is 1. The summed E-state index contributed by atoms with van der Waals surface area (Å²) < 4.78 is 4.90. The molecule has 0 radical (unpaired) electrons. The van der Waals surface area contributed by atoms with Gasteiger partial charge in [0, 0.05) is 5.38 Å². The van der Waals surface area contributed by atoms with Crippen LogP contribution in [0.2, 0.25) is 0 Å². The summed E-state index contributed by atoms with van der Waals surface area (Å²) in [6.45, 7) is 3.89. The van der Waals surface area contributed by atoms with Crippen LogP contribution < -0.4 is 5.43 Å². The summed E-state index contributed by atoms with van der Waals surface area (Å²) in [5, 5.41) is 6.38. The van der Waals surface area contributed by atoms with Crippen molar-refractivity contribution in [3.05, 3.63) is 47.2 Å². The molecule has 0 aliphatic rings. The molecule has 0 fully saturated rings. The van der Waals surface area contributed by atoms with Crippen LogP contribution in [0.4, 0.5) is 5.13 Å². The maximum Gasteiger partial charge on any atom is 0.357 e. The molecule has 3 rings (SSSR count). The fraction of sp³-hybridized carbons (Fsp3) is 0.188. The maximum atomic E-state index is 11.6. The first-order valence-electron chi connectivity index (χ1n) is 7.32. The van der Waals surface area contributed by atoms with Gasteiger partial charge in [-0.05, 0) is 26.0 Å². The molecule has 0 amide bonds. The van der Waals surface area contributed by atoms with Crippen molar-refractivity contribution in [2.75, 3.05) is 12.0 Å². The van der Waals surface area contributed by atoms with Crippen LogP contribution in [0.25, 0.3) is 11.0 Å². The molecule has 8 heteroatoms. The van der Waals surface area contributed by atoms with E-state index in [2.05, 4.69) is 25.5 Å². The van der Waals surface area contributed by atoms with Gasteiger partial charge in [0.2, 0.25) is 5.13 Å². The van der Waals surface area contributed by atoms with Gasteiger partial charge in [-0.3, -0.25) is 10.4 Å². The number of carbonyl (C=O) groups is 1. The van der Waals surface area contributed by atoms with Gasteiger partial charge in [0.15, 0.2) is 5.69 Å². The predicted octanol–water partition coefficient (Wildman–Crippen LogP) is 3.10. The lowest BCUT2D eigenvalue weighted by atomic mass is 10.2. The molecule has 24 heavy (non-hydrogen) atoms. The minimum atomic E-state index is -0.442. The Hall–Kier alpha value is -2.87. The monoisotopic (exact) mass is 341 g/mol. The number of thiazole rings is 1. The fourth-order valence-electron chi connectivity index (χ4n) is 1.94. The van der Waals surface area contributed by atoms with Crippen LogP contribution in [0.5, 0.6) is 0 Å². The largest absolute Gasteiger partial charge is 0.461 e. The summed E-state index contributed by atoms with van der Waals surface area (Å²) in [7, 11) is 0. The first-order chi connectivity index (χ1) is 11.7. The number of nitrogens with one attached hydrogen (secondary N) is 1. The van der Waals surface area contributed by atoms with Crippen LogP contribution in [0.1, 0.15) is 30.0 Å². The zero-order valence-electron chi connectivity index (χ0n) is 13.2. The van der Waals surface area contributed by atoms with Gasteiger partial charge in [0.25, 0.3) is 0 Å². The summed E-state index contributed by atoms with van der Waals surface area (Å²) in [5.74, 6) is -0.442. The molecular formula is C16H15N5O2S. The number of hydrogen-bond acceptors (Lipinski definition) is 8. The van der Waals surface area contributed by atoms with Gasteiger partial charge in [-0.25, -0.2) is 14.8 Å². The lowest BCUT2D eigenvalue weighted by Crippen LogP contribution is -2.06. The molecule has 0 aliphatic heterocycles. The molecule has 0 aliphatic carbocycles. The number of para-hydroxylation sites is 2. The summed E-state index contributed by atoms with van der Waals surface area (Å²) in [6, 6.07) is 7.64. The second-order valence-corrected chi connectivity index (χ2v) is 5.67. The van der Waals surface area contributed by atoms with Gasteiger partial charge >= 0.3 is 5.97 Å². The topological polar surface area (TPSA) is 89.4 Å². The summed E-state index contributed by atoms with van der Waals surface area (Å²) in [4.78, 5) is 24.6. The third-order valence-electron chi connectivity index (χ3n) is 3.13. The molecule has 1 aromatic carbocycles. The van der Waals surface area contributed by atoms with E-state index < -0.39 is 5.97 Å². The van der Waals surface area contributed by atoms with E-state index >= 15 is 0 Å². The Labute approximate surface area is 142 Å². The van der Waals surface area contributed by atoms with Crippen molar-refractivity contribution in [1.82, 2.24) is 15.0 Å². The van der Waals surface area contributed by atoms with Crippen molar-refractivity contribution < 1.29 is 9.53 Å². The average Bonchev–Trinajstić information content (AvgIpc) is 3.08. The second-order valence-electron chi connectivity index (χ2n) is 4.81. The van der Waals surface area contributed by atoms with Crippen LogP contribution in [-0.4, -0.2) is 33.2 Å². The van der Waals surface area contributed by atoms with Crippen LogP contribution in [0.15, 0.2) is 40.9 Å². The number of benzene rings is 1. The standard InChI is InChI=1S/C16H15N5O2S/c1-3-23-15(22)14-9-24-16(19-14)21-20-10(2)13-8-17-11-6-4-5-7-12(11)18-13/h4-9H,3H2,1-2H3,(H,19,21)/b20-10-. The van der Waals surface area contributed by atoms with Gasteiger partial charge in [0.05, 0.1) is 29.5 Å². The number of carbonyl (C=O) groups excluding carboxylic acids is 1. The summed E-state index contributed by atoms with van der Waals surface area (Å²) >= 11 is 1.28. The van der Waals surface area contributed by atoms with Crippen LogP contribution >= 0.6 is 11.3 Å². The molecule has 0 bridgehead atoms. The van der Waals surface area contributed by atoms with Gasteiger partial charge in [-0.1, -0.05) is 12.1 Å². The number of anilines is 1. The second kappa shape index (κ2) is 7.14. The molecule has 2 aromatic heterocycles. The van der Waals surface area contributed by atoms with E-state index in [1.807, 2.05) is 31.2 Å². The van der Waals surface area contributed by atoms with E-state index in [9.17, 15) is 4.79 Å². The summed E-state index contributed by atoms with van der Waals surface area (Å²) in [5.41, 5.74) is 6.08.